The fraction of sp³-hybridized carbons (Fsp3) is 0.579. The van der Waals surface area contributed by atoms with Crippen LogP contribution < -0.4 is 16.0 Å². The minimum atomic E-state index is -0.0186. The Kier molecular flexibility index (Phi) is 8.25. The van der Waals surface area contributed by atoms with E-state index in [1.165, 1.54) is 24.9 Å². The molecule has 6 nitrogen and oxygen atoms in total. The predicted molar refractivity (Wildman–Crippen MR) is 103 cm³/mol. The summed E-state index contributed by atoms with van der Waals surface area (Å²) in [6.07, 6.45) is 3.32. The highest BCUT2D eigenvalue weighted by Crippen LogP contribution is 2.15. The zero-order valence-corrected chi connectivity index (χ0v) is 15.4. The van der Waals surface area contributed by atoms with Crippen molar-refractivity contribution in [2.24, 2.45) is 4.99 Å². The normalized spacial score (nSPS) is 18.2. The van der Waals surface area contributed by atoms with Crippen molar-refractivity contribution in [3.63, 3.8) is 0 Å². The van der Waals surface area contributed by atoms with Crippen LogP contribution >= 0.6 is 0 Å². The minimum Gasteiger partial charge on any atom is -0.355 e. The molecule has 1 aromatic carbocycles. The van der Waals surface area contributed by atoms with Gasteiger partial charge in [-0.25, -0.2) is 0 Å². The molecule has 0 radical (unpaired) electrons. The zero-order chi connectivity index (χ0) is 17.9. The lowest BCUT2D eigenvalue weighted by Crippen LogP contribution is -2.47. The fourth-order valence-electron chi connectivity index (χ4n) is 3.20. The molecule has 1 saturated heterocycles. The molecule has 2 rings (SSSR count). The van der Waals surface area contributed by atoms with E-state index in [9.17, 15) is 4.79 Å². The molecule has 1 aliphatic rings. The summed E-state index contributed by atoms with van der Waals surface area (Å²) in [6, 6.07) is 10.7. The van der Waals surface area contributed by atoms with E-state index in [0.29, 0.717) is 18.5 Å². The monoisotopic (exact) mass is 345 g/mol. The molecule has 1 unspecified atom stereocenters. The third kappa shape index (κ3) is 6.74. The van der Waals surface area contributed by atoms with Crippen LogP contribution in [0.2, 0.25) is 0 Å². The van der Waals surface area contributed by atoms with E-state index >= 15 is 0 Å². The molecule has 1 aromatic rings. The number of guanidine groups is 1. The number of nitrogens with one attached hydrogen (secondary N) is 3. The quantitative estimate of drug-likeness (QED) is 0.486. The first-order valence-corrected chi connectivity index (χ1v) is 9.22. The van der Waals surface area contributed by atoms with Crippen LogP contribution in [0.1, 0.15) is 25.3 Å². The first-order valence-electron chi connectivity index (χ1n) is 9.22. The highest BCUT2D eigenvalue weighted by Gasteiger charge is 2.22. The SMILES string of the molecule is CCN1CCCC1CNC(=NC)NCC(=O)NCCc1ccccc1. The molecular formula is C19H31N5O. The third-order valence-electron chi connectivity index (χ3n) is 4.63. The molecule has 1 amide bonds. The summed E-state index contributed by atoms with van der Waals surface area (Å²) in [5, 5.41) is 9.34. The predicted octanol–water partition coefficient (Wildman–Crippen LogP) is 0.995. The van der Waals surface area contributed by atoms with Crippen molar-refractivity contribution in [2.45, 2.75) is 32.2 Å². The first-order chi connectivity index (χ1) is 12.2. The van der Waals surface area contributed by atoms with Crippen molar-refractivity contribution < 1.29 is 4.79 Å². The van der Waals surface area contributed by atoms with Gasteiger partial charge < -0.3 is 16.0 Å². The molecular weight excluding hydrogens is 314 g/mol. The maximum absolute atomic E-state index is 11.9. The lowest BCUT2D eigenvalue weighted by atomic mass is 10.1. The maximum Gasteiger partial charge on any atom is 0.239 e. The van der Waals surface area contributed by atoms with Gasteiger partial charge in [-0.3, -0.25) is 14.7 Å². The van der Waals surface area contributed by atoms with E-state index in [0.717, 1.165) is 19.5 Å². The van der Waals surface area contributed by atoms with Crippen molar-refractivity contribution in [2.75, 3.05) is 39.8 Å². The molecule has 0 spiro atoms. The largest absolute Gasteiger partial charge is 0.355 e. The molecule has 1 fully saturated rings. The van der Waals surface area contributed by atoms with Crippen molar-refractivity contribution in [1.82, 2.24) is 20.9 Å². The van der Waals surface area contributed by atoms with Gasteiger partial charge in [0, 0.05) is 26.2 Å². The van der Waals surface area contributed by atoms with Crippen LogP contribution in [0.4, 0.5) is 0 Å². The van der Waals surface area contributed by atoms with Crippen LogP contribution in [0.15, 0.2) is 35.3 Å². The average Bonchev–Trinajstić information content (AvgIpc) is 3.10. The minimum absolute atomic E-state index is 0.0186. The molecule has 0 aliphatic carbocycles. The Hall–Kier alpha value is -2.08. The number of hydrogen-bond donors (Lipinski definition) is 3. The number of hydrogen-bond acceptors (Lipinski definition) is 3. The smallest absolute Gasteiger partial charge is 0.239 e. The molecule has 3 N–H and O–H groups in total. The van der Waals surface area contributed by atoms with Gasteiger partial charge in [-0.05, 0) is 37.9 Å². The number of likely N-dealkylation sites (tertiary alicyclic amines) is 1. The van der Waals surface area contributed by atoms with E-state index in [-0.39, 0.29) is 12.5 Å². The lowest BCUT2D eigenvalue weighted by Gasteiger charge is -2.23. The summed E-state index contributed by atoms with van der Waals surface area (Å²) in [5.41, 5.74) is 1.23. The number of amides is 1. The Morgan fingerprint density at radius 1 is 1.24 bits per heavy atom. The standard InChI is InChI=1S/C19H31N5O/c1-3-24-13-7-10-17(24)14-22-19(20-2)23-15-18(25)21-12-11-16-8-5-4-6-9-16/h4-6,8-9,17H,3,7,10-15H2,1-2H3,(H,21,25)(H2,20,22,23). The Bertz CT molecular complexity index is 546. The lowest BCUT2D eigenvalue weighted by molar-refractivity contribution is -0.119. The molecule has 0 saturated carbocycles. The second-order valence-corrected chi connectivity index (χ2v) is 6.32. The van der Waals surface area contributed by atoms with E-state index in [1.54, 1.807) is 7.05 Å². The first kappa shape index (κ1) is 19.2. The molecule has 138 valence electrons. The molecule has 0 bridgehead atoms. The third-order valence-corrected chi connectivity index (χ3v) is 4.63. The molecule has 1 atom stereocenters. The van der Waals surface area contributed by atoms with Crippen LogP contribution in [-0.2, 0) is 11.2 Å². The van der Waals surface area contributed by atoms with E-state index in [1.807, 2.05) is 18.2 Å². The molecule has 25 heavy (non-hydrogen) atoms. The van der Waals surface area contributed by atoms with Gasteiger partial charge >= 0.3 is 0 Å². The van der Waals surface area contributed by atoms with Crippen molar-refractivity contribution in [1.29, 1.82) is 0 Å². The Morgan fingerprint density at radius 2 is 2.04 bits per heavy atom. The number of likely N-dealkylation sites (N-methyl/N-ethyl adjacent to an activating group) is 1. The summed E-state index contributed by atoms with van der Waals surface area (Å²) in [7, 11) is 1.73. The second kappa shape index (κ2) is 10.7. The van der Waals surface area contributed by atoms with Crippen LogP contribution in [0.25, 0.3) is 0 Å². The number of carbonyl (C=O) groups excluding carboxylic acids is 1. The summed E-state index contributed by atoms with van der Waals surface area (Å²) < 4.78 is 0. The molecule has 6 heteroatoms. The highest BCUT2D eigenvalue weighted by atomic mass is 16.1. The molecule has 0 aromatic heterocycles. The van der Waals surface area contributed by atoms with Crippen LogP contribution in [0.5, 0.6) is 0 Å². The van der Waals surface area contributed by atoms with Gasteiger partial charge in [-0.15, -0.1) is 0 Å². The Balaban J connectivity index is 1.62. The van der Waals surface area contributed by atoms with Gasteiger partial charge in [0.1, 0.15) is 0 Å². The van der Waals surface area contributed by atoms with E-state index in [4.69, 9.17) is 0 Å². The van der Waals surface area contributed by atoms with E-state index < -0.39 is 0 Å². The number of rotatable bonds is 8. The van der Waals surface area contributed by atoms with Gasteiger partial charge in [-0.1, -0.05) is 37.3 Å². The summed E-state index contributed by atoms with van der Waals surface area (Å²) >= 11 is 0. The number of carbonyl (C=O) groups is 1. The van der Waals surface area contributed by atoms with Crippen molar-refractivity contribution in [3.05, 3.63) is 35.9 Å². The number of aliphatic imine (C=N–C) groups is 1. The van der Waals surface area contributed by atoms with Crippen molar-refractivity contribution in [3.8, 4) is 0 Å². The highest BCUT2D eigenvalue weighted by molar-refractivity contribution is 5.86. The topological polar surface area (TPSA) is 68.8 Å². The second-order valence-electron chi connectivity index (χ2n) is 6.32. The van der Waals surface area contributed by atoms with E-state index in [2.05, 4.69) is 44.9 Å². The zero-order valence-electron chi connectivity index (χ0n) is 15.4. The summed E-state index contributed by atoms with van der Waals surface area (Å²) in [5.74, 6) is 0.663. The van der Waals surface area contributed by atoms with Crippen LogP contribution in [0.3, 0.4) is 0 Å². The number of nitrogens with zero attached hydrogens (tertiary/aromatic N) is 2. The van der Waals surface area contributed by atoms with Gasteiger partial charge in [0.2, 0.25) is 5.91 Å². The maximum atomic E-state index is 11.9. The van der Waals surface area contributed by atoms with Crippen LogP contribution in [0, 0.1) is 0 Å². The van der Waals surface area contributed by atoms with Gasteiger partial charge in [-0.2, -0.15) is 0 Å². The van der Waals surface area contributed by atoms with Crippen LogP contribution in [-0.4, -0.2) is 62.6 Å². The fourth-order valence-corrected chi connectivity index (χ4v) is 3.20. The van der Waals surface area contributed by atoms with Gasteiger partial charge in [0.15, 0.2) is 5.96 Å². The molecule has 1 heterocycles. The molecule has 1 aliphatic heterocycles. The van der Waals surface area contributed by atoms with Crippen molar-refractivity contribution >= 4 is 11.9 Å². The number of benzene rings is 1. The Morgan fingerprint density at radius 3 is 2.76 bits per heavy atom. The summed E-state index contributed by atoms with van der Waals surface area (Å²) in [6.45, 7) is 6.20. The average molecular weight is 345 g/mol. The Labute approximate surface area is 151 Å². The summed E-state index contributed by atoms with van der Waals surface area (Å²) in [4.78, 5) is 18.6. The van der Waals surface area contributed by atoms with Gasteiger partial charge in [0.25, 0.3) is 0 Å². The van der Waals surface area contributed by atoms with Gasteiger partial charge in [0.05, 0.1) is 6.54 Å².